The van der Waals surface area contributed by atoms with Crippen LogP contribution in [0.25, 0.3) is 0 Å². The number of carbonyl (C=O) groups is 1. The Bertz CT molecular complexity index is 794. The topological polar surface area (TPSA) is 47.9 Å². The van der Waals surface area contributed by atoms with Crippen molar-refractivity contribution >= 4 is 58.8 Å². The molecule has 1 amide bonds. The summed E-state index contributed by atoms with van der Waals surface area (Å²) >= 11 is 7.60. The smallest absolute Gasteiger partial charge is 0.253 e. The number of hydrogen-bond acceptors (Lipinski definition) is 3. The van der Waals surface area contributed by atoms with Gasteiger partial charge in [-0.15, -0.1) is 35.3 Å². The molecule has 0 saturated heterocycles. The molecule has 0 unspecified atom stereocenters. The zero-order valence-corrected chi connectivity index (χ0v) is 20.6. The van der Waals surface area contributed by atoms with Crippen LogP contribution in [0.15, 0.2) is 41.4 Å². The molecule has 1 heterocycles. The molecule has 1 aromatic carbocycles. The molecule has 28 heavy (non-hydrogen) atoms. The fourth-order valence-electron chi connectivity index (χ4n) is 2.62. The highest BCUT2D eigenvalue weighted by Crippen LogP contribution is 2.22. The zero-order valence-electron chi connectivity index (χ0n) is 16.7. The first-order chi connectivity index (χ1) is 12.9. The summed E-state index contributed by atoms with van der Waals surface area (Å²) in [5.41, 5.74) is 1.81. The van der Waals surface area contributed by atoms with Crippen LogP contribution in [0.1, 0.15) is 27.7 Å². The van der Waals surface area contributed by atoms with E-state index >= 15 is 0 Å². The Labute approximate surface area is 193 Å². The molecule has 154 valence electrons. The van der Waals surface area contributed by atoms with E-state index < -0.39 is 0 Å². The normalized spacial score (nSPS) is 11.0. The lowest BCUT2D eigenvalue weighted by Gasteiger charge is -2.21. The van der Waals surface area contributed by atoms with Gasteiger partial charge in [-0.25, -0.2) is 0 Å². The maximum atomic E-state index is 12.1. The van der Waals surface area contributed by atoms with Crippen molar-refractivity contribution in [3.8, 4) is 0 Å². The second-order valence-electron chi connectivity index (χ2n) is 6.45. The van der Waals surface area contributed by atoms with Crippen molar-refractivity contribution in [1.82, 2.24) is 15.1 Å². The molecule has 1 aromatic heterocycles. The van der Waals surface area contributed by atoms with Gasteiger partial charge in [0.1, 0.15) is 0 Å². The predicted molar refractivity (Wildman–Crippen MR) is 130 cm³/mol. The molecule has 0 aliphatic rings. The molecule has 0 saturated carbocycles. The van der Waals surface area contributed by atoms with Crippen molar-refractivity contribution < 1.29 is 4.79 Å². The third-order valence-corrected chi connectivity index (χ3v) is 5.18. The van der Waals surface area contributed by atoms with Crippen molar-refractivity contribution in [2.75, 3.05) is 34.2 Å². The van der Waals surface area contributed by atoms with E-state index in [1.807, 2.05) is 43.4 Å². The minimum atomic E-state index is 0. The lowest BCUT2D eigenvalue weighted by Crippen LogP contribution is -2.38. The van der Waals surface area contributed by atoms with E-state index in [1.165, 1.54) is 4.88 Å². The van der Waals surface area contributed by atoms with Gasteiger partial charge in [0, 0.05) is 44.7 Å². The van der Waals surface area contributed by atoms with E-state index in [4.69, 9.17) is 16.6 Å². The number of thiophene rings is 1. The first-order valence-corrected chi connectivity index (χ1v) is 10.1. The van der Waals surface area contributed by atoms with Crippen LogP contribution in [0.4, 0.5) is 0 Å². The van der Waals surface area contributed by atoms with Gasteiger partial charge in [-0.2, -0.15) is 0 Å². The van der Waals surface area contributed by atoms with Crippen molar-refractivity contribution in [3.05, 3.63) is 56.7 Å². The van der Waals surface area contributed by atoms with Crippen LogP contribution >= 0.6 is 46.9 Å². The van der Waals surface area contributed by atoms with Crippen LogP contribution in [0.3, 0.4) is 0 Å². The van der Waals surface area contributed by atoms with E-state index in [-0.39, 0.29) is 29.9 Å². The number of nitrogens with one attached hydrogen (secondary N) is 1. The lowest BCUT2D eigenvalue weighted by atomic mass is 10.1. The maximum absolute atomic E-state index is 12.1. The molecule has 8 heteroatoms. The van der Waals surface area contributed by atoms with E-state index in [9.17, 15) is 4.79 Å². The first kappa shape index (κ1) is 24.7. The number of hydrogen-bond donors (Lipinski definition) is 1. The summed E-state index contributed by atoms with van der Waals surface area (Å²) in [5.74, 6) is 0.880. The number of rotatable bonds is 7. The Morgan fingerprint density at radius 3 is 2.57 bits per heavy atom. The highest BCUT2D eigenvalue weighted by Gasteiger charge is 2.10. The van der Waals surface area contributed by atoms with Crippen LogP contribution in [-0.2, 0) is 13.0 Å². The molecule has 0 bridgehead atoms. The summed E-state index contributed by atoms with van der Waals surface area (Å²) in [6, 6.07) is 11.7. The van der Waals surface area contributed by atoms with Crippen LogP contribution in [0, 0.1) is 0 Å². The number of guanidine groups is 1. The number of benzene rings is 1. The summed E-state index contributed by atoms with van der Waals surface area (Å²) in [5, 5.41) is 3.33. The summed E-state index contributed by atoms with van der Waals surface area (Å²) in [4.78, 5) is 21.7. The van der Waals surface area contributed by atoms with Gasteiger partial charge in [-0.05, 0) is 43.2 Å². The van der Waals surface area contributed by atoms with E-state index in [0.29, 0.717) is 12.1 Å². The molecule has 2 rings (SSSR count). The van der Waals surface area contributed by atoms with Gasteiger partial charge in [0.25, 0.3) is 5.91 Å². The van der Waals surface area contributed by atoms with Crippen LogP contribution in [0.2, 0.25) is 4.34 Å². The van der Waals surface area contributed by atoms with Gasteiger partial charge in [0.15, 0.2) is 5.96 Å². The second kappa shape index (κ2) is 12.3. The lowest BCUT2D eigenvalue weighted by molar-refractivity contribution is 0.0827. The Balaban J connectivity index is 0.00000392. The van der Waals surface area contributed by atoms with Gasteiger partial charge >= 0.3 is 0 Å². The molecule has 5 nitrogen and oxygen atoms in total. The summed E-state index contributed by atoms with van der Waals surface area (Å²) in [6.45, 7) is 4.27. The molecule has 2 aromatic rings. The largest absolute Gasteiger partial charge is 0.357 e. The Morgan fingerprint density at radius 2 is 1.96 bits per heavy atom. The van der Waals surface area contributed by atoms with Gasteiger partial charge in [-0.3, -0.25) is 9.79 Å². The maximum Gasteiger partial charge on any atom is 0.253 e. The third kappa shape index (κ3) is 7.60. The van der Waals surface area contributed by atoms with Gasteiger partial charge in [0.2, 0.25) is 0 Å². The standard InChI is InChI=1S/C20H27ClN4OS.HI/c1-5-22-20(25(4)14-17-9-10-18(21)27-17)23-12-11-15-7-6-8-16(13-15)19(26)24(2)3;/h6-10,13H,5,11-12,14H2,1-4H3,(H,22,23);1H. The zero-order chi connectivity index (χ0) is 19.8. The number of amides is 1. The summed E-state index contributed by atoms with van der Waals surface area (Å²) in [7, 11) is 5.54. The van der Waals surface area contributed by atoms with E-state index in [1.54, 1.807) is 30.3 Å². The third-order valence-electron chi connectivity index (χ3n) is 3.96. The van der Waals surface area contributed by atoms with E-state index in [0.717, 1.165) is 35.4 Å². The second-order valence-corrected chi connectivity index (χ2v) is 8.25. The van der Waals surface area contributed by atoms with Gasteiger partial charge < -0.3 is 15.1 Å². The van der Waals surface area contributed by atoms with Crippen LogP contribution in [-0.4, -0.2) is 55.9 Å². The molecule has 0 spiro atoms. The van der Waals surface area contributed by atoms with Gasteiger partial charge in [0.05, 0.1) is 10.9 Å². The monoisotopic (exact) mass is 534 g/mol. The minimum Gasteiger partial charge on any atom is -0.357 e. The average Bonchev–Trinajstić information content (AvgIpc) is 3.05. The highest BCUT2D eigenvalue weighted by molar-refractivity contribution is 14.0. The van der Waals surface area contributed by atoms with Crippen molar-refractivity contribution in [3.63, 3.8) is 0 Å². The fraction of sp³-hybridized carbons (Fsp3) is 0.400. The quantitative estimate of drug-likeness (QED) is 0.326. The summed E-state index contributed by atoms with van der Waals surface area (Å²) in [6.07, 6.45) is 0.780. The first-order valence-electron chi connectivity index (χ1n) is 8.95. The number of carbonyl (C=O) groups excluding carboxylic acids is 1. The van der Waals surface area contributed by atoms with E-state index in [2.05, 4.69) is 17.1 Å². The van der Waals surface area contributed by atoms with Crippen LogP contribution in [0.5, 0.6) is 0 Å². The number of halogens is 2. The number of nitrogens with zero attached hydrogens (tertiary/aromatic N) is 3. The van der Waals surface area contributed by atoms with Gasteiger partial charge in [-0.1, -0.05) is 23.7 Å². The fourth-order valence-corrected chi connectivity index (χ4v) is 3.77. The molecular formula is C20H28ClIN4OS. The molecule has 0 atom stereocenters. The highest BCUT2D eigenvalue weighted by atomic mass is 127. The van der Waals surface area contributed by atoms with Crippen molar-refractivity contribution in [2.45, 2.75) is 19.9 Å². The molecular weight excluding hydrogens is 507 g/mol. The number of aliphatic imine (C=N–C) groups is 1. The molecule has 0 fully saturated rings. The average molecular weight is 535 g/mol. The summed E-state index contributed by atoms with van der Waals surface area (Å²) < 4.78 is 0.799. The molecule has 0 radical (unpaired) electrons. The van der Waals surface area contributed by atoms with Crippen LogP contribution < -0.4 is 5.32 Å². The molecule has 0 aliphatic carbocycles. The Kier molecular flexibility index (Phi) is 10.8. The Hall–Kier alpha value is -1.32. The predicted octanol–water partition coefficient (Wildman–Crippen LogP) is 4.36. The minimum absolute atomic E-state index is 0. The Morgan fingerprint density at radius 1 is 1.21 bits per heavy atom. The van der Waals surface area contributed by atoms with Crippen molar-refractivity contribution in [1.29, 1.82) is 0 Å². The molecule has 1 N–H and O–H groups in total. The molecule has 0 aliphatic heterocycles. The van der Waals surface area contributed by atoms with Crippen molar-refractivity contribution in [2.24, 2.45) is 4.99 Å². The SMILES string of the molecule is CCNC(=NCCc1cccc(C(=O)N(C)C)c1)N(C)Cc1ccc(Cl)s1.I.